The SMILES string of the molecule is CCN1CCCc2cccc(N)c21. The summed E-state index contributed by atoms with van der Waals surface area (Å²) in [6.45, 7) is 4.39. The lowest BCUT2D eigenvalue weighted by atomic mass is 10.0. The van der Waals surface area contributed by atoms with Gasteiger partial charge in [0.1, 0.15) is 0 Å². The normalized spacial score (nSPS) is 15.6. The van der Waals surface area contributed by atoms with Crippen LogP contribution in [0.15, 0.2) is 18.2 Å². The van der Waals surface area contributed by atoms with Crippen LogP contribution in [0.2, 0.25) is 0 Å². The predicted octanol–water partition coefficient (Wildman–Crippen LogP) is 2.04. The number of hydrogen-bond acceptors (Lipinski definition) is 2. The van der Waals surface area contributed by atoms with Crippen LogP contribution in [0.5, 0.6) is 0 Å². The molecule has 2 heteroatoms. The first kappa shape index (κ1) is 8.42. The molecule has 1 aromatic carbocycles. The summed E-state index contributed by atoms with van der Waals surface area (Å²) in [4.78, 5) is 2.37. The number of rotatable bonds is 1. The van der Waals surface area contributed by atoms with Crippen LogP contribution in [0.4, 0.5) is 11.4 Å². The van der Waals surface area contributed by atoms with Crippen LogP contribution >= 0.6 is 0 Å². The van der Waals surface area contributed by atoms with E-state index in [1.807, 2.05) is 12.1 Å². The van der Waals surface area contributed by atoms with Crippen molar-refractivity contribution in [3.63, 3.8) is 0 Å². The molecule has 0 radical (unpaired) electrons. The molecule has 1 aliphatic rings. The van der Waals surface area contributed by atoms with Gasteiger partial charge in [-0.25, -0.2) is 0 Å². The Labute approximate surface area is 79.4 Å². The molecule has 0 saturated heterocycles. The van der Waals surface area contributed by atoms with E-state index in [2.05, 4.69) is 17.9 Å². The van der Waals surface area contributed by atoms with Crippen molar-refractivity contribution in [2.75, 3.05) is 23.7 Å². The zero-order valence-corrected chi connectivity index (χ0v) is 8.09. The molecular weight excluding hydrogens is 160 g/mol. The fourth-order valence-corrected chi connectivity index (χ4v) is 2.09. The van der Waals surface area contributed by atoms with Gasteiger partial charge in [-0.15, -0.1) is 0 Å². The summed E-state index contributed by atoms with van der Waals surface area (Å²) in [5.41, 5.74) is 9.58. The van der Waals surface area contributed by atoms with Crippen LogP contribution in [0.1, 0.15) is 18.9 Å². The number of para-hydroxylation sites is 1. The van der Waals surface area contributed by atoms with Gasteiger partial charge in [-0.2, -0.15) is 0 Å². The van der Waals surface area contributed by atoms with Crippen molar-refractivity contribution in [3.05, 3.63) is 23.8 Å². The van der Waals surface area contributed by atoms with E-state index in [1.165, 1.54) is 24.1 Å². The summed E-state index contributed by atoms with van der Waals surface area (Å²) in [5.74, 6) is 0. The Morgan fingerprint density at radius 2 is 2.31 bits per heavy atom. The van der Waals surface area contributed by atoms with Crippen molar-refractivity contribution < 1.29 is 0 Å². The lowest BCUT2D eigenvalue weighted by Crippen LogP contribution is -2.29. The van der Waals surface area contributed by atoms with Crippen molar-refractivity contribution in [3.8, 4) is 0 Å². The molecular formula is C11H16N2. The molecule has 0 fully saturated rings. The minimum absolute atomic E-state index is 0.930. The Kier molecular flexibility index (Phi) is 2.13. The topological polar surface area (TPSA) is 29.3 Å². The fourth-order valence-electron chi connectivity index (χ4n) is 2.09. The van der Waals surface area contributed by atoms with Crippen molar-refractivity contribution in [2.24, 2.45) is 0 Å². The van der Waals surface area contributed by atoms with Crippen molar-refractivity contribution >= 4 is 11.4 Å². The summed E-state index contributed by atoms with van der Waals surface area (Å²) in [6, 6.07) is 6.23. The second-order valence-corrected chi connectivity index (χ2v) is 3.54. The molecule has 0 spiro atoms. The molecule has 70 valence electrons. The summed E-state index contributed by atoms with van der Waals surface area (Å²) in [6.07, 6.45) is 2.43. The molecule has 0 saturated carbocycles. The quantitative estimate of drug-likeness (QED) is 0.663. The number of nitrogens with two attached hydrogens (primary N) is 1. The van der Waals surface area contributed by atoms with E-state index in [0.717, 1.165) is 18.8 Å². The average Bonchev–Trinajstić information content (AvgIpc) is 2.17. The van der Waals surface area contributed by atoms with Gasteiger partial charge in [0, 0.05) is 13.1 Å². The Hall–Kier alpha value is -1.18. The molecule has 1 aliphatic heterocycles. The lowest BCUT2D eigenvalue weighted by Gasteiger charge is -2.31. The number of hydrogen-bond donors (Lipinski definition) is 1. The molecule has 2 rings (SSSR count). The molecule has 0 amide bonds. The van der Waals surface area contributed by atoms with Gasteiger partial charge in [-0.1, -0.05) is 12.1 Å². The van der Waals surface area contributed by atoms with E-state index >= 15 is 0 Å². The maximum Gasteiger partial charge on any atom is 0.0632 e. The molecule has 2 nitrogen and oxygen atoms in total. The third-order valence-electron chi connectivity index (χ3n) is 2.72. The third kappa shape index (κ3) is 1.37. The van der Waals surface area contributed by atoms with Gasteiger partial charge in [0.25, 0.3) is 0 Å². The maximum absolute atomic E-state index is 5.97. The zero-order chi connectivity index (χ0) is 9.26. The highest BCUT2D eigenvalue weighted by atomic mass is 15.1. The largest absolute Gasteiger partial charge is 0.397 e. The molecule has 0 unspecified atom stereocenters. The first-order valence-corrected chi connectivity index (χ1v) is 4.95. The summed E-state index contributed by atoms with van der Waals surface area (Å²) in [5, 5.41) is 0. The fraction of sp³-hybridized carbons (Fsp3) is 0.455. The second kappa shape index (κ2) is 3.29. The summed E-state index contributed by atoms with van der Waals surface area (Å²) >= 11 is 0. The summed E-state index contributed by atoms with van der Waals surface area (Å²) in [7, 11) is 0. The van der Waals surface area contributed by atoms with Crippen molar-refractivity contribution in [1.82, 2.24) is 0 Å². The first-order valence-electron chi connectivity index (χ1n) is 4.95. The van der Waals surface area contributed by atoms with Gasteiger partial charge < -0.3 is 10.6 Å². The zero-order valence-electron chi connectivity index (χ0n) is 8.09. The van der Waals surface area contributed by atoms with E-state index in [-0.39, 0.29) is 0 Å². The van der Waals surface area contributed by atoms with Gasteiger partial charge >= 0.3 is 0 Å². The molecule has 0 atom stereocenters. The molecule has 0 aliphatic carbocycles. The van der Waals surface area contributed by atoms with Crippen molar-refractivity contribution in [1.29, 1.82) is 0 Å². The van der Waals surface area contributed by atoms with E-state index in [1.54, 1.807) is 0 Å². The van der Waals surface area contributed by atoms with Crippen LogP contribution in [-0.4, -0.2) is 13.1 Å². The highest BCUT2D eigenvalue weighted by Gasteiger charge is 2.16. The van der Waals surface area contributed by atoms with Crippen LogP contribution in [-0.2, 0) is 6.42 Å². The van der Waals surface area contributed by atoms with E-state index < -0.39 is 0 Å². The highest BCUT2D eigenvalue weighted by molar-refractivity contribution is 5.72. The number of aryl methyl sites for hydroxylation is 1. The minimum Gasteiger partial charge on any atom is -0.397 e. The molecule has 0 bridgehead atoms. The van der Waals surface area contributed by atoms with Crippen LogP contribution in [0.3, 0.4) is 0 Å². The number of benzene rings is 1. The Balaban J connectivity index is 2.47. The standard InChI is InChI=1S/C11H16N2/c1-2-13-8-4-6-9-5-3-7-10(12)11(9)13/h3,5,7H,2,4,6,8,12H2,1H3. The second-order valence-electron chi connectivity index (χ2n) is 3.54. The molecule has 1 heterocycles. The van der Waals surface area contributed by atoms with Gasteiger partial charge in [0.05, 0.1) is 11.4 Å². The maximum atomic E-state index is 5.97. The van der Waals surface area contributed by atoms with E-state index in [4.69, 9.17) is 5.73 Å². The van der Waals surface area contributed by atoms with Gasteiger partial charge in [0.2, 0.25) is 0 Å². The predicted molar refractivity (Wildman–Crippen MR) is 57.1 cm³/mol. The van der Waals surface area contributed by atoms with E-state index in [0.29, 0.717) is 0 Å². The van der Waals surface area contributed by atoms with Crippen LogP contribution in [0, 0.1) is 0 Å². The minimum atomic E-state index is 0.930. The molecule has 0 aromatic heterocycles. The number of nitrogen functional groups attached to an aromatic ring is 1. The molecule has 13 heavy (non-hydrogen) atoms. The Bertz CT molecular complexity index is 307. The summed E-state index contributed by atoms with van der Waals surface area (Å²) < 4.78 is 0. The van der Waals surface area contributed by atoms with E-state index in [9.17, 15) is 0 Å². The average molecular weight is 176 g/mol. The van der Waals surface area contributed by atoms with Gasteiger partial charge in [-0.05, 0) is 31.4 Å². The molecule has 2 N–H and O–H groups in total. The third-order valence-corrected chi connectivity index (χ3v) is 2.72. The molecule has 1 aromatic rings. The number of fused-ring (bicyclic) bond motifs is 1. The van der Waals surface area contributed by atoms with Crippen LogP contribution < -0.4 is 10.6 Å². The number of anilines is 2. The Morgan fingerprint density at radius 1 is 1.46 bits per heavy atom. The Morgan fingerprint density at radius 3 is 3.08 bits per heavy atom. The van der Waals surface area contributed by atoms with Crippen molar-refractivity contribution in [2.45, 2.75) is 19.8 Å². The monoisotopic (exact) mass is 176 g/mol. The van der Waals surface area contributed by atoms with Gasteiger partial charge in [0.15, 0.2) is 0 Å². The lowest BCUT2D eigenvalue weighted by molar-refractivity contribution is 0.709. The van der Waals surface area contributed by atoms with Gasteiger partial charge in [-0.3, -0.25) is 0 Å². The van der Waals surface area contributed by atoms with Crippen LogP contribution in [0.25, 0.3) is 0 Å². The first-order chi connectivity index (χ1) is 6.33. The smallest absolute Gasteiger partial charge is 0.0632 e. The highest BCUT2D eigenvalue weighted by Crippen LogP contribution is 2.32. The number of nitrogens with zero attached hydrogens (tertiary/aromatic N) is 1.